The lowest BCUT2D eigenvalue weighted by Crippen LogP contribution is -2.64. The molecule has 152 valence electrons. The lowest BCUT2D eigenvalue weighted by atomic mass is 9.38. The van der Waals surface area contributed by atoms with Gasteiger partial charge in [0.15, 0.2) is 0 Å². The Hall–Kier alpha value is -0.530. The average Bonchev–Trinajstić information content (AvgIpc) is 3.01. The van der Waals surface area contributed by atoms with Gasteiger partial charge in [-0.3, -0.25) is 4.79 Å². The fraction of sp³-hybridized carbons (Fsp3) is 0.958. The predicted molar refractivity (Wildman–Crippen MR) is 110 cm³/mol. The van der Waals surface area contributed by atoms with Crippen molar-refractivity contribution in [3.8, 4) is 0 Å². The maximum absolute atomic E-state index is 12.5. The zero-order valence-electron chi connectivity index (χ0n) is 18.8. The Kier molecular flexibility index (Phi) is 6.26. The number of hydrogen-bond acceptors (Lipinski definition) is 2. The van der Waals surface area contributed by atoms with Crippen LogP contribution in [0.15, 0.2) is 0 Å². The first-order valence-corrected chi connectivity index (χ1v) is 11.1. The number of carbonyl (C=O) groups excluding carboxylic acids is 1. The Morgan fingerprint density at radius 1 is 1.00 bits per heavy atom. The lowest BCUT2D eigenvalue weighted by molar-refractivity contribution is -0.228. The van der Waals surface area contributed by atoms with E-state index in [1.165, 1.54) is 38.5 Å². The molecule has 0 spiro atoms. The number of rotatable bonds is 10. The molecule has 2 nitrogen and oxygen atoms in total. The summed E-state index contributed by atoms with van der Waals surface area (Å²) < 4.78 is 6.09. The van der Waals surface area contributed by atoms with E-state index in [-0.39, 0.29) is 11.4 Å². The van der Waals surface area contributed by atoms with E-state index in [9.17, 15) is 4.79 Å². The molecular weight excluding hydrogens is 320 g/mol. The minimum Gasteiger partial charge on any atom is -0.459 e. The van der Waals surface area contributed by atoms with Crippen LogP contribution in [0.2, 0.25) is 0 Å². The van der Waals surface area contributed by atoms with Gasteiger partial charge in [0.05, 0.1) is 0 Å². The van der Waals surface area contributed by atoms with Crippen LogP contribution in [0.3, 0.4) is 0 Å². The standard InChI is InChI=1S/C24H44O2/c1-9-10-11-12-13-14-15-19(25)26-23(6,7)22(4,5)20-18-16-17-24(20,8)21(18,2)3/h18,20H,9-17H2,1-8H3. The number of ether oxygens (including phenoxy) is 1. The van der Waals surface area contributed by atoms with Crippen molar-refractivity contribution in [3.63, 3.8) is 0 Å². The number of hydrogen-bond donors (Lipinski definition) is 0. The summed E-state index contributed by atoms with van der Waals surface area (Å²) in [4.78, 5) is 12.5. The summed E-state index contributed by atoms with van der Waals surface area (Å²) in [5, 5.41) is 0. The van der Waals surface area contributed by atoms with Gasteiger partial charge >= 0.3 is 5.97 Å². The third-order valence-corrected chi connectivity index (χ3v) is 8.90. The monoisotopic (exact) mass is 364 g/mol. The molecule has 3 atom stereocenters. The fourth-order valence-corrected chi connectivity index (χ4v) is 6.24. The van der Waals surface area contributed by atoms with Crippen LogP contribution in [0.25, 0.3) is 0 Å². The molecule has 3 unspecified atom stereocenters. The van der Waals surface area contributed by atoms with Crippen molar-refractivity contribution in [2.75, 3.05) is 0 Å². The summed E-state index contributed by atoms with van der Waals surface area (Å²) in [6.45, 7) is 18.5. The molecule has 3 rings (SSSR count). The van der Waals surface area contributed by atoms with E-state index in [2.05, 4.69) is 55.4 Å². The number of fused-ring (bicyclic) bond motifs is 1. The molecule has 3 aliphatic carbocycles. The number of esters is 1. The van der Waals surface area contributed by atoms with Crippen molar-refractivity contribution < 1.29 is 9.53 Å². The van der Waals surface area contributed by atoms with Gasteiger partial charge in [-0.25, -0.2) is 0 Å². The fourth-order valence-electron chi connectivity index (χ4n) is 6.24. The molecule has 3 fully saturated rings. The summed E-state index contributed by atoms with van der Waals surface area (Å²) >= 11 is 0. The molecule has 0 saturated heterocycles. The summed E-state index contributed by atoms with van der Waals surface area (Å²) in [6, 6.07) is 0. The highest BCUT2D eigenvalue weighted by Gasteiger charge is 2.73. The van der Waals surface area contributed by atoms with Gasteiger partial charge in [-0.2, -0.15) is 0 Å². The highest BCUT2D eigenvalue weighted by Crippen LogP contribution is 2.78. The quantitative estimate of drug-likeness (QED) is 0.304. The van der Waals surface area contributed by atoms with E-state index in [1.807, 2.05) is 0 Å². The molecule has 0 aromatic heterocycles. The van der Waals surface area contributed by atoms with Crippen molar-refractivity contribution in [3.05, 3.63) is 0 Å². The molecule has 0 amide bonds. The minimum atomic E-state index is -0.419. The Labute approximate surface area is 162 Å². The second kappa shape index (κ2) is 7.47. The summed E-state index contributed by atoms with van der Waals surface area (Å²) in [7, 11) is 0. The molecule has 0 radical (unpaired) electrons. The van der Waals surface area contributed by atoms with Gasteiger partial charge in [0.2, 0.25) is 0 Å². The van der Waals surface area contributed by atoms with Crippen LogP contribution in [0.4, 0.5) is 0 Å². The average molecular weight is 365 g/mol. The predicted octanol–water partition coefficient (Wildman–Crippen LogP) is 7.16. The van der Waals surface area contributed by atoms with E-state index in [0.717, 1.165) is 18.8 Å². The van der Waals surface area contributed by atoms with Crippen molar-refractivity contribution in [2.45, 2.75) is 119 Å². The van der Waals surface area contributed by atoms with Gasteiger partial charge in [-0.1, -0.05) is 73.6 Å². The first kappa shape index (κ1) is 21.8. The van der Waals surface area contributed by atoms with Gasteiger partial charge in [-0.15, -0.1) is 0 Å². The van der Waals surface area contributed by atoms with Crippen molar-refractivity contribution in [2.24, 2.45) is 28.1 Å². The molecule has 3 saturated carbocycles. The third kappa shape index (κ3) is 3.47. The SMILES string of the molecule is CCCCCCCCC(=O)OC(C)(C)C(C)(C)C1C2CCC1(C)C2(C)C. The first-order chi connectivity index (χ1) is 11.9. The van der Waals surface area contributed by atoms with E-state index in [4.69, 9.17) is 4.74 Å². The molecule has 0 N–H and O–H groups in total. The Morgan fingerprint density at radius 2 is 1.58 bits per heavy atom. The smallest absolute Gasteiger partial charge is 0.306 e. The highest BCUT2D eigenvalue weighted by molar-refractivity contribution is 5.69. The van der Waals surface area contributed by atoms with Gasteiger partial charge in [0.25, 0.3) is 0 Å². The first-order valence-electron chi connectivity index (χ1n) is 11.1. The van der Waals surface area contributed by atoms with Crippen molar-refractivity contribution >= 4 is 5.97 Å². The molecule has 0 aliphatic heterocycles. The molecule has 2 heteroatoms. The molecule has 0 heterocycles. The Balaban J connectivity index is 1.90. The van der Waals surface area contributed by atoms with Crippen molar-refractivity contribution in [1.82, 2.24) is 0 Å². The number of unbranched alkanes of at least 4 members (excludes halogenated alkanes) is 5. The molecule has 3 aliphatic rings. The zero-order chi connectivity index (χ0) is 19.8. The second-order valence-electron chi connectivity index (χ2n) is 11.0. The molecule has 26 heavy (non-hydrogen) atoms. The van der Waals surface area contributed by atoms with E-state index < -0.39 is 5.60 Å². The largest absolute Gasteiger partial charge is 0.459 e. The summed E-state index contributed by atoms with van der Waals surface area (Å²) in [5.41, 5.74) is 0.379. The normalized spacial score (nSPS) is 30.2. The Morgan fingerprint density at radius 3 is 2.08 bits per heavy atom. The molecular formula is C24H44O2. The van der Waals surface area contributed by atoms with Gasteiger partial charge in [0, 0.05) is 11.8 Å². The molecule has 2 bridgehead atoms. The highest BCUT2D eigenvalue weighted by atomic mass is 16.6. The van der Waals surface area contributed by atoms with Crippen LogP contribution >= 0.6 is 0 Å². The van der Waals surface area contributed by atoms with E-state index >= 15 is 0 Å². The van der Waals surface area contributed by atoms with Gasteiger partial charge in [0.1, 0.15) is 5.60 Å². The van der Waals surface area contributed by atoms with Gasteiger partial charge in [-0.05, 0) is 55.8 Å². The van der Waals surface area contributed by atoms with Gasteiger partial charge < -0.3 is 4.74 Å². The lowest BCUT2D eigenvalue weighted by Gasteiger charge is -2.67. The minimum absolute atomic E-state index is 0.00474. The summed E-state index contributed by atoms with van der Waals surface area (Å²) in [5.74, 6) is 1.40. The van der Waals surface area contributed by atoms with E-state index in [1.54, 1.807) is 0 Å². The van der Waals surface area contributed by atoms with Crippen LogP contribution in [-0.2, 0) is 9.53 Å². The topological polar surface area (TPSA) is 26.3 Å². The van der Waals surface area contributed by atoms with Crippen molar-refractivity contribution in [1.29, 1.82) is 0 Å². The van der Waals surface area contributed by atoms with E-state index in [0.29, 0.717) is 23.2 Å². The van der Waals surface area contributed by atoms with Crippen LogP contribution in [-0.4, -0.2) is 11.6 Å². The molecule has 0 aromatic rings. The molecule has 0 aromatic carbocycles. The Bertz CT molecular complexity index is 502. The third-order valence-electron chi connectivity index (χ3n) is 8.90. The van der Waals surface area contributed by atoms with Crippen LogP contribution in [0, 0.1) is 28.1 Å². The number of carbonyl (C=O) groups is 1. The maximum atomic E-state index is 12.5. The van der Waals surface area contributed by atoms with Crippen LogP contribution in [0.1, 0.15) is 113 Å². The summed E-state index contributed by atoms with van der Waals surface area (Å²) in [6.07, 6.45) is 10.5. The van der Waals surface area contributed by atoms with Crippen LogP contribution < -0.4 is 0 Å². The maximum Gasteiger partial charge on any atom is 0.306 e. The zero-order valence-corrected chi connectivity index (χ0v) is 18.8. The second-order valence-corrected chi connectivity index (χ2v) is 11.0. The van der Waals surface area contributed by atoms with Crippen LogP contribution in [0.5, 0.6) is 0 Å².